The molecule has 1 saturated heterocycles. The second-order valence-electron chi connectivity index (χ2n) is 8.18. The number of unbranched alkanes of at least 4 members (excludes halogenated alkanes) is 1. The Bertz CT molecular complexity index is 801. The van der Waals surface area contributed by atoms with Crippen LogP contribution >= 0.6 is 0 Å². The minimum absolute atomic E-state index is 0.0704. The monoisotopic (exact) mass is 363 g/mol. The Labute approximate surface area is 162 Å². The first-order valence-electron chi connectivity index (χ1n) is 10.3. The molecule has 1 amide bonds. The summed E-state index contributed by atoms with van der Waals surface area (Å²) in [6, 6.07) is 10.5. The van der Waals surface area contributed by atoms with Crippen molar-refractivity contribution in [2.45, 2.75) is 63.7 Å². The Balaban J connectivity index is 1.34. The Morgan fingerprint density at radius 3 is 2.89 bits per heavy atom. The number of aromatic nitrogens is 2. The van der Waals surface area contributed by atoms with E-state index >= 15 is 0 Å². The molecule has 1 aromatic carbocycles. The van der Waals surface area contributed by atoms with Crippen molar-refractivity contribution in [3.8, 4) is 0 Å². The van der Waals surface area contributed by atoms with E-state index in [1.807, 2.05) is 19.2 Å². The number of likely N-dealkylation sites (tertiary alicyclic amines) is 1. The molecule has 0 radical (unpaired) electrons. The van der Waals surface area contributed by atoms with Gasteiger partial charge in [-0.15, -0.1) is 0 Å². The van der Waals surface area contributed by atoms with Crippen molar-refractivity contribution in [2.75, 3.05) is 13.1 Å². The molecule has 1 atom stereocenters. The fourth-order valence-corrected chi connectivity index (χ4v) is 4.78. The van der Waals surface area contributed by atoms with Gasteiger partial charge in [-0.3, -0.25) is 4.79 Å². The molecule has 1 unspecified atom stereocenters. The topological polar surface area (TPSA) is 46.1 Å². The maximum atomic E-state index is 12.8. The van der Waals surface area contributed by atoms with Crippen molar-refractivity contribution >= 4 is 5.91 Å². The van der Waals surface area contributed by atoms with Gasteiger partial charge in [0.1, 0.15) is 5.82 Å². The number of amides is 1. The number of piperidine rings is 1. The zero-order valence-corrected chi connectivity index (χ0v) is 16.3. The summed E-state index contributed by atoms with van der Waals surface area (Å²) < 4.78 is 0. The lowest BCUT2D eigenvalue weighted by Gasteiger charge is -2.40. The van der Waals surface area contributed by atoms with E-state index in [1.54, 1.807) is 0 Å². The van der Waals surface area contributed by atoms with E-state index in [9.17, 15) is 4.79 Å². The van der Waals surface area contributed by atoms with E-state index in [1.165, 1.54) is 16.8 Å². The molecule has 4 heteroatoms. The van der Waals surface area contributed by atoms with Crippen LogP contribution in [0.5, 0.6) is 0 Å². The van der Waals surface area contributed by atoms with Crippen molar-refractivity contribution in [1.82, 2.24) is 14.9 Å². The molecule has 2 heterocycles. The number of carbonyl (C=O) groups is 1. The minimum Gasteiger partial charge on any atom is -0.342 e. The average molecular weight is 364 g/mol. The number of carbonyl (C=O) groups excluding carboxylic acids is 1. The lowest BCUT2D eigenvalue weighted by atomic mass is 9.77. The molecular weight excluding hydrogens is 334 g/mol. The van der Waals surface area contributed by atoms with Crippen LogP contribution in [0.2, 0.25) is 0 Å². The van der Waals surface area contributed by atoms with Gasteiger partial charge < -0.3 is 4.90 Å². The molecule has 27 heavy (non-hydrogen) atoms. The van der Waals surface area contributed by atoms with E-state index < -0.39 is 0 Å². The SMILES string of the molecule is Cc1ncc2c(n1)C1(CCCN(C(=O)CCCCc3ccccc3)C1)CC2. The lowest BCUT2D eigenvalue weighted by Crippen LogP contribution is -2.48. The summed E-state index contributed by atoms with van der Waals surface area (Å²) in [6.07, 6.45) is 10.1. The zero-order chi connectivity index (χ0) is 18.7. The molecule has 0 saturated carbocycles. The predicted octanol–water partition coefficient (Wildman–Crippen LogP) is 4.00. The van der Waals surface area contributed by atoms with Crippen LogP contribution < -0.4 is 0 Å². The van der Waals surface area contributed by atoms with Crippen LogP contribution in [0.3, 0.4) is 0 Å². The Hall–Kier alpha value is -2.23. The average Bonchev–Trinajstić information content (AvgIpc) is 3.03. The molecule has 2 aliphatic rings. The Morgan fingerprint density at radius 1 is 1.19 bits per heavy atom. The highest BCUT2D eigenvalue weighted by Crippen LogP contribution is 2.43. The van der Waals surface area contributed by atoms with Gasteiger partial charge in [-0.05, 0) is 63.0 Å². The second-order valence-corrected chi connectivity index (χ2v) is 8.18. The molecule has 1 aromatic heterocycles. The van der Waals surface area contributed by atoms with E-state index in [0.717, 1.165) is 63.9 Å². The molecule has 1 fully saturated rings. The molecule has 1 spiro atoms. The summed E-state index contributed by atoms with van der Waals surface area (Å²) in [5.41, 5.74) is 3.94. The quantitative estimate of drug-likeness (QED) is 0.754. The number of hydrogen-bond acceptors (Lipinski definition) is 3. The molecule has 4 nitrogen and oxygen atoms in total. The van der Waals surface area contributed by atoms with Crippen LogP contribution in [-0.4, -0.2) is 33.9 Å². The first-order valence-corrected chi connectivity index (χ1v) is 10.3. The molecule has 4 rings (SSSR count). The van der Waals surface area contributed by atoms with E-state index in [0.29, 0.717) is 12.3 Å². The van der Waals surface area contributed by atoms with Crippen LogP contribution in [0, 0.1) is 6.92 Å². The first kappa shape index (κ1) is 18.1. The van der Waals surface area contributed by atoms with Crippen molar-refractivity contribution < 1.29 is 4.79 Å². The number of hydrogen-bond donors (Lipinski definition) is 0. The van der Waals surface area contributed by atoms with Gasteiger partial charge in [-0.2, -0.15) is 0 Å². The minimum atomic E-state index is 0.0704. The van der Waals surface area contributed by atoms with Gasteiger partial charge in [0.05, 0.1) is 5.69 Å². The van der Waals surface area contributed by atoms with Gasteiger partial charge in [0.2, 0.25) is 5.91 Å². The summed E-state index contributed by atoms with van der Waals surface area (Å²) in [6.45, 7) is 3.71. The van der Waals surface area contributed by atoms with Crippen molar-refractivity contribution in [3.63, 3.8) is 0 Å². The largest absolute Gasteiger partial charge is 0.342 e. The van der Waals surface area contributed by atoms with E-state index in [2.05, 4.69) is 34.1 Å². The standard InChI is InChI=1S/C23H29N3O/c1-18-24-16-20-12-14-23(22(20)25-18)13-7-15-26(17-23)21(27)11-6-5-10-19-8-3-2-4-9-19/h2-4,8-9,16H,5-7,10-15,17H2,1H3. The van der Waals surface area contributed by atoms with Crippen LogP contribution in [0.1, 0.15) is 61.2 Å². The number of rotatable bonds is 5. The van der Waals surface area contributed by atoms with Crippen molar-refractivity contribution in [3.05, 3.63) is 59.2 Å². The zero-order valence-electron chi connectivity index (χ0n) is 16.3. The van der Waals surface area contributed by atoms with Gasteiger partial charge in [0.15, 0.2) is 0 Å². The summed E-state index contributed by atoms with van der Waals surface area (Å²) in [5.74, 6) is 1.17. The molecule has 1 aliphatic carbocycles. The van der Waals surface area contributed by atoms with Gasteiger partial charge >= 0.3 is 0 Å². The maximum Gasteiger partial charge on any atom is 0.222 e. The molecule has 0 N–H and O–H groups in total. The third kappa shape index (κ3) is 3.90. The second kappa shape index (κ2) is 7.79. The van der Waals surface area contributed by atoms with Crippen LogP contribution in [0.25, 0.3) is 0 Å². The molecule has 142 valence electrons. The van der Waals surface area contributed by atoms with Crippen LogP contribution in [-0.2, 0) is 23.1 Å². The Morgan fingerprint density at radius 2 is 2.04 bits per heavy atom. The highest BCUT2D eigenvalue weighted by Gasteiger charge is 2.44. The van der Waals surface area contributed by atoms with Crippen molar-refractivity contribution in [1.29, 1.82) is 0 Å². The molecule has 2 aromatic rings. The predicted molar refractivity (Wildman–Crippen MR) is 107 cm³/mol. The number of aryl methyl sites for hydroxylation is 3. The lowest BCUT2D eigenvalue weighted by molar-refractivity contribution is -0.133. The fourth-order valence-electron chi connectivity index (χ4n) is 4.78. The van der Waals surface area contributed by atoms with Crippen molar-refractivity contribution in [2.24, 2.45) is 0 Å². The summed E-state index contributed by atoms with van der Waals surface area (Å²) in [7, 11) is 0. The molecule has 0 bridgehead atoms. The van der Waals surface area contributed by atoms with Gasteiger partial charge in [0, 0.05) is 31.1 Å². The fraction of sp³-hybridized carbons (Fsp3) is 0.522. The van der Waals surface area contributed by atoms with E-state index in [4.69, 9.17) is 4.98 Å². The molecule has 1 aliphatic heterocycles. The summed E-state index contributed by atoms with van der Waals surface area (Å²) >= 11 is 0. The van der Waals surface area contributed by atoms with Crippen LogP contribution in [0.15, 0.2) is 36.5 Å². The maximum absolute atomic E-state index is 12.8. The first-order chi connectivity index (χ1) is 13.2. The van der Waals surface area contributed by atoms with Gasteiger partial charge in [0.25, 0.3) is 0 Å². The molecular formula is C23H29N3O. The van der Waals surface area contributed by atoms with E-state index in [-0.39, 0.29) is 5.41 Å². The number of benzene rings is 1. The third-order valence-corrected chi connectivity index (χ3v) is 6.24. The van der Waals surface area contributed by atoms with Gasteiger partial charge in [-0.25, -0.2) is 9.97 Å². The van der Waals surface area contributed by atoms with Gasteiger partial charge in [-0.1, -0.05) is 30.3 Å². The number of fused-ring (bicyclic) bond motifs is 2. The highest BCUT2D eigenvalue weighted by atomic mass is 16.2. The summed E-state index contributed by atoms with van der Waals surface area (Å²) in [5, 5.41) is 0. The Kier molecular flexibility index (Phi) is 5.24. The smallest absolute Gasteiger partial charge is 0.222 e. The summed E-state index contributed by atoms with van der Waals surface area (Å²) in [4.78, 5) is 24.1. The normalized spacial score (nSPS) is 21.4. The number of nitrogens with zero attached hydrogens (tertiary/aromatic N) is 3. The third-order valence-electron chi connectivity index (χ3n) is 6.24. The van der Waals surface area contributed by atoms with Crippen LogP contribution in [0.4, 0.5) is 0 Å². The highest BCUT2D eigenvalue weighted by molar-refractivity contribution is 5.76.